The first-order chi connectivity index (χ1) is 10.00. The van der Waals surface area contributed by atoms with Gasteiger partial charge in [-0.3, -0.25) is 4.90 Å². The molecule has 21 heavy (non-hydrogen) atoms. The summed E-state index contributed by atoms with van der Waals surface area (Å²) in [5.41, 5.74) is 7.04. The number of benzene rings is 1. The van der Waals surface area contributed by atoms with Crippen LogP contribution in [0.1, 0.15) is 24.8 Å². The Kier molecular flexibility index (Phi) is 3.94. The largest absolute Gasteiger partial charge is 0.398 e. The van der Waals surface area contributed by atoms with E-state index in [0.29, 0.717) is 35.3 Å². The standard InChI is InChI=1S/C15H23N3O2S/c1-12-14(16)5-4-6-15(12)21(19,20)18-10-7-13(11-18)17-8-2-3-9-17/h4-6,13H,2-3,7-11,16H2,1H3. The van der Waals surface area contributed by atoms with Crippen molar-refractivity contribution < 1.29 is 8.42 Å². The molecule has 2 aliphatic heterocycles. The number of nitrogen functional groups attached to an aromatic ring is 1. The summed E-state index contributed by atoms with van der Waals surface area (Å²) in [6, 6.07) is 5.49. The SMILES string of the molecule is Cc1c(N)cccc1S(=O)(=O)N1CCC(N2CCCC2)C1. The zero-order valence-electron chi connectivity index (χ0n) is 12.5. The molecule has 5 nitrogen and oxygen atoms in total. The van der Waals surface area contributed by atoms with Crippen LogP contribution in [0.4, 0.5) is 5.69 Å². The van der Waals surface area contributed by atoms with E-state index in [0.717, 1.165) is 19.5 Å². The molecule has 6 heteroatoms. The minimum atomic E-state index is -3.43. The van der Waals surface area contributed by atoms with Crippen LogP contribution in [0.25, 0.3) is 0 Å². The topological polar surface area (TPSA) is 66.6 Å². The van der Waals surface area contributed by atoms with Crippen molar-refractivity contribution in [3.63, 3.8) is 0 Å². The number of hydrogen-bond donors (Lipinski definition) is 1. The minimum absolute atomic E-state index is 0.351. The van der Waals surface area contributed by atoms with Crippen molar-refractivity contribution >= 4 is 15.7 Å². The van der Waals surface area contributed by atoms with Crippen molar-refractivity contribution in [3.05, 3.63) is 23.8 Å². The van der Waals surface area contributed by atoms with E-state index in [1.807, 2.05) is 0 Å². The molecule has 0 amide bonds. The van der Waals surface area contributed by atoms with Crippen LogP contribution in [-0.4, -0.2) is 49.8 Å². The van der Waals surface area contributed by atoms with Gasteiger partial charge in [0.1, 0.15) is 0 Å². The Morgan fingerprint density at radius 1 is 1.19 bits per heavy atom. The predicted octanol–water partition coefficient (Wildman–Crippen LogP) is 1.44. The Morgan fingerprint density at radius 2 is 1.90 bits per heavy atom. The summed E-state index contributed by atoms with van der Waals surface area (Å²) in [5, 5.41) is 0. The van der Waals surface area contributed by atoms with Crippen molar-refractivity contribution in [2.45, 2.75) is 37.1 Å². The third kappa shape index (κ3) is 2.67. The normalized spacial score (nSPS) is 24.7. The Morgan fingerprint density at radius 3 is 2.62 bits per heavy atom. The van der Waals surface area contributed by atoms with E-state index >= 15 is 0 Å². The second-order valence-electron chi connectivity index (χ2n) is 6.02. The average molecular weight is 309 g/mol. The third-order valence-corrected chi connectivity index (χ3v) is 6.74. The number of anilines is 1. The number of rotatable bonds is 3. The van der Waals surface area contributed by atoms with Gasteiger partial charge >= 0.3 is 0 Å². The lowest BCUT2D eigenvalue weighted by atomic mass is 10.2. The van der Waals surface area contributed by atoms with Gasteiger partial charge in [-0.1, -0.05) is 6.07 Å². The Hall–Kier alpha value is -1.11. The molecular formula is C15H23N3O2S. The summed E-state index contributed by atoms with van der Waals surface area (Å²) >= 11 is 0. The highest BCUT2D eigenvalue weighted by Crippen LogP contribution is 2.28. The fourth-order valence-electron chi connectivity index (χ4n) is 3.38. The van der Waals surface area contributed by atoms with Gasteiger partial charge in [0.05, 0.1) is 4.90 Å². The molecule has 116 valence electrons. The highest BCUT2D eigenvalue weighted by molar-refractivity contribution is 7.89. The molecule has 0 bridgehead atoms. The van der Waals surface area contributed by atoms with Crippen LogP contribution in [0.15, 0.2) is 23.1 Å². The summed E-state index contributed by atoms with van der Waals surface area (Å²) in [4.78, 5) is 2.78. The van der Waals surface area contributed by atoms with Crippen molar-refractivity contribution in [1.29, 1.82) is 0 Å². The van der Waals surface area contributed by atoms with E-state index in [2.05, 4.69) is 4.90 Å². The van der Waals surface area contributed by atoms with Gasteiger partial charge in [0.2, 0.25) is 10.0 Å². The molecule has 2 aliphatic rings. The maximum Gasteiger partial charge on any atom is 0.243 e. The molecule has 2 heterocycles. The van der Waals surface area contributed by atoms with Crippen LogP contribution in [0.3, 0.4) is 0 Å². The van der Waals surface area contributed by atoms with Crippen LogP contribution in [0, 0.1) is 6.92 Å². The molecule has 1 atom stereocenters. The Labute approximate surface area is 126 Å². The first kappa shape index (κ1) is 14.8. The molecular weight excluding hydrogens is 286 g/mol. The van der Waals surface area contributed by atoms with Crippen molar-refractivity contribution in [3.8, 4) is 0 Å². The fraction of sp³-hybridized carbons (Fsp3) is 0.600. The van der Waals surface area contributed by atoms with Crippen molar-refractivity contribution in [2.75, 3.05) is 31.9 Å². The van der Waals surface area contributed by atoms with E-state index < -0.39 is 10.0 Å². The molecule has 1 aromatic carbocycles. The van der Waals surface area contributed by atoms with Gasteiger partial charge in [-0.15, -0.1) is 0 Å². The molecule has 3 rings (SSSR count). The van der Waals surface area contributed by atoms with E-state index in [4.69, 9.17) is 5.73 Å². The summed E-state index contributed by atoms with van der Waals surface area (Å²) in [6.45, 7) is 5.20. The van der Waals surface area contributed by atoms with Gasteiger partial charge in [0, 0.05) is 24.8 Å². The Balaban J connectivity index is 1.81. The number of hydrogen-bond acceptors (Lipinski definition) is 4. The molecule has 0 radical (unpaired) electrons. The highest BCUT2D eigenvalue weighted by atomic mass is 32.2. The smallest absolute Gasteiger partial charge is 0.243 e. The van der Waals surface area contributed by atoms with Crippen LogP contribution in [0.2, 0.25) is 0 Å². The van der Waals surface area contributed by atoms with Crippen LogP contribution in [0.5, 0.6) is 0 Å². The third-order valence-electron chi connectivity index (χ3n) is 4.73. The summed E-state index contributed by atoms with van der Waals surface area (Å²) in [6.07, 6.45) is 3.40. The molecule has 2 N–H and O–H groups in total. The van der Waals surface area contributed by atoms with E-state index in [1.54, 1.807) is 29.4 Å². The minimum Gasteiger partial charge on any atom is -0.398 e. The molecule has 1 aromatic rings. The van der Waals surface area contributed by atoms with Gasteiger partial charge in [-0.2, -0.15) is 4.31 Å². The first-order valence-electron chi connectivity index (χ1n) is 7.59. The maximum atomic E-state index is 12.8. The fourth-order valence-corrected chi connectivity index (χ4v) is 5.13. The predicted molar refractivity (Wildman–Crippen MR) is 83.6 cm³/mol. The lowest BCUT2D eigenvalue weighted by Gasteiger charge is -2.24. The van der Waals surface area contributed by atoms with Crippen LogP contribution < -0.4 is 5.73 Å². The quantitative estimate of drug-likeness (QED) is 0.858. The van der Waals surface area contributed by atoms with E-state index in [1.165, 1.54) is 12.8 Å². The van der Waals surface area contributed by atoms with E-state index in [-0.39, 0.29) is 0 Å². The van der Waals surface area contributed by atoms with Crippen LogP contribution >= 0.6 is 0 Å². The van der Waals surface area contributed by atoms with Gasteiger partial charge in [-0.25, -0.2) is 8.42 Å². The maximum absolute atomic E-state index is 12.8. The van der Waals surface area contributed by atoms with Gasteiger partial charge in [0.25, 0.3) is 0 Å². The lowest BCUT2D eigenvalue weighted by molar-refractivity contribution is 0.251. The Bertz CT molecular complexity index is 624. The lowest BCUT2D eigenvalue weighted by Crippen LogP contribution is -2.37. The molecule has 2 fully saturated rings. The van der Waals surface area contributed by atoms with Gasteiger partial charge < -0.3 is 5.73 Å². The number of likely N-dealkylation sites (tertiary alicyclic amines) is 1. The zero-order valence-corrected chi connectivity index (χ0v) is 13.3. The molecule has 0 saturated carbocycles. The van der Waals surface area contributed by atoms with Gasteiger partial charge in [0.15, 0.2) is 0 Å². The summed E-state index contributed by atoms with van der Waals surface area (Å²) in [5.74, 6) is 0. The van der Waals surface area contributed by atoms with Crippen molar-refractivity contribution in [1.82, 2.24) is 9.21 Å². The van der Waals surface area contributed by atoms with Gasteiger partial charge in [-0.05, 0) is 57.0 Å². The zero-order chi connectivity index (χ0) is 15.0. The van der Waals surface area contributed by atoms with E-state index in [9.17, 15) is 8.42 Å². The van der Waals surface area contributed by atoms with Crippen LogP contribution in [-0.2, 0) is 10.0 Å². The molecule has 0 aromatic heterocycles. The number of sulfonamides is 1. The first-order valence-corrected chi connectivity index (χ1v) is 9.03. The monoisotopic (exact) mass is 309 g/mol. The molecule has 2 saturated heterocycles. The summed E-state index contributed by atoms with van der Waals surface area (Å²) < 4.78 is 27.3. The second-order valence-corrected chi connectivity index (χ2v) is 7.93. The number of nitrogens with zero attached hydrogens (tertiary/aromatic N) is 2. The highest BCUT2D eigenvalue weighted by Gasteiger charge is 2.36. The summed E-state index contributed by atoms with van der Waals surface area (Å²) in [7, 11) is -3.43. The average Bonchev–Trinajstić information content (AvgIpc) is 3.11. The second kappa shape index (κ2) is 5.59. The number of nitrogens with two attached hydrogens (primary N) is 1. The molecule has 0 aliphatic carbocycles. The molecule has 1 unspecified atom stereocenters. The molecule has 0 spiro atoms. The van der Waals surface area contributed by atoms with Crippen molar-refractivity contribution in [2.24, 2.45) is 0 Å².